The summed E-state index contributed by atoms with van der Waals surface area (Å²) in [6.45, 7) is 2.93. The Labute approximate surface area is 149 Å². The molecule has 0 bridgehead atoms. The van der Waals surface area contributed by atoms with Gasteiger partial charge in [-0.15, -0.1) is 20.4 Å². The zero-order valence-electron chi connectivity index (χ0n) is 13.8. The van der Waals surface area contributed by atoms with Gasteiger partial charge in [0.05, 0.1) is 5.75 Å². The normalized spacial score (nSPS) is 15.5. The quantitative estimate of drug-likeness (QED) is 0.758. The number of rotatable bonds is 7. The summed E-state index contributed by atoms with van der Waals surface area (Å²) in [5.74, 6) is 1.97. The molecule has 3 rings (SSSR count). The van der Waals surface area contributed by atoms with E-state index in [2.05, 4.69) is 37.2 Å². The maximum atomic E-state index is 12.0. The van der Waals surface area contributed by atoms with Crippen LogP contribution in [0.15, 0.2) is 10.7 Å². The van der Waals surface area contributed by atoms with Crippen molar-refractivity contribution in [2.75, 3.05) is 11.1 Å². The molecule has 0 saturated heterocycles. The first-order valence-corrected chi connectivity index (χ1v) is 10.2. The molecule has 0 unspecified atom stereocenters. The van der Waals surface area contributed by atoms with Crippen molar-refractivity contribution in [3.63, 3.8) is 0 Å². The van der Waals surface area contributed by atoms with Crippen molar-refractivity contribution < 1.29 is 4.79 Å². The zero-order chi connectivity index (χ0) is 16.8. The lowest BCUT2D eigenvalue weighted by Crippen LogP contribution is -2.15. The van der Waals surface area contributed by atoms with E-state index in [-0.39, 0.29) is 5.91 Å². The molecule has 0 aromatic carbocycles. The zero-order valence-corrected chi connectivity index (χ0v) is 15.4. The topological polar surface area (TPSA) is 85.6 Å². The molecule has 0 aliphatic heterocycles. The van der Waals surface area contributed by atoms with Crippen LogP contribution >= 0.6 is 23.1 Å². The molecule has 1 saturated carbocycles. The Hall–Kier alpha value is -1.48. The summed E-state index contributed by atoms with van der Waals surface area (Å²) >= 11 is 2.73. The third-order valence-corrected chi connectivity index (χ3v) is 5.82. The van der Waals surface area contributed by atoms with Crippen LogP contribution in [0, 0.1) is 5.92 Å². The van der Waals surface area contributed by atoms with Gasteiger partial charge in [-0.05, 0) is 12.8 Å². The van der Waals surface area contributed by atoms with Gasteiger partial charge in [0, 0.05) is 13.0 Å². The number of nitrogens with one attached hydrogen (secondary N) is 1. The van der Waals surface area contributed by atoms with E-state index in [1.54, 1.807) is 5.51 Å². The third kappa shape index (κ3) is 4.54. The van der Waals surface area contributed by atoms with Crippen molar-refractivity contribution in [2.45, 2.75) is 57.1 Å². The lowest BCUT2D eigenvalue weighted by Gasteiger charge is -2.21. The Kier molecular flexibility index (Phi) is 6.19. The van der Waals surface area contributed by atoms with Gasteiger partial charge in [-0.25, -0.2) is 0 Å². The number of nitrogens with zero attached hydrogens (tertiary/aromatic N) is 5. The standard InChI is InChI=1S/C15H22N6OS2/c1-2-21-12(8-11-6-4-3-5-7-11)18-20-15(21)23-9-13(22)17-14-19-16-10-24-14/h10-11H,2-9H2,1H3,(H,17,19,22). The second kappa shape index (κ2) is 8.57. The Bertz CT molecular complexity index is 651. The van der Waals surface area contributed by atoms with E-state index < -0.39 is 0 Å². The van der Waals surface area contributed by atoms with Crippen LogP contribution in [0.5, 0.6) is 0 Å². The molecule has 2 aromatic rings. The van der Waals surface area contributed by atoms with Crippen LogP contribution < -0.4 is 5.32 Å². The largest absolute Gasteiger partial charge is 0.306 e. The maximum absolute atomic E-state index is 12.0. The summed E-state index contributed by atoms with van der Waals surface area (Å²) < 4.78 is 2.14. The molecule has 0 atom stereocenters. The van der Waals surface area contributed by atoms with E-state index in [1.165, 1.54) is 55.2 Å². The van der Waals surface area contributed by atoms with E-state index in [0.29, 0.717) is 10.9 Å². The molecule has 9 heteroatoms. The fourth-order valence-electron chi connectivity index (χ4n) is 3.06. The summed E-state index contributed by atoms with van der Waals surface area (Å²) in [6, 6.07) is 0. The van der Waals surface area contributed by atoms with Crippen LogP contribution in [-0.4, -0.2) is 36.6 Å². The molecule has 1 amide bonds. The van der Waals surface area contributed by atoms with E-state index >= 15 is 0 Å². The highest BCUT2D eigenvalue weighted by Gasteiger charge is 2.19. The highest BCUT2D eigenvalue weighted by atomic mass is 32.2. The number of hydrogen-bond acceptors (Lipinski definition) is 7. The van der Waals surface area contributed by atoms with E-state index in [1.807, 2.05) is 0 Å². The number of anilines is 1. The van der Waals surface area contributed by atoms with Crippen LogP contribution in [-0.2, 0) is 17.8 Å². The van der Waals surface area contributed by atoms with Crippen LogP contribution in [0.1, 0.15) is 44.9 Å². The predicted octanol–water partition coefficient (Wildman–Crippen LogP) is 3.00. The predicted molar refractivity (Wildman–Crippen MR) is 95.2 cm³/mol. The first-order chi connectivity index (χ1) is 11.8. The number of carbonyl (C=O) groups excluding carboxylic acids is 1. The summed E-state index contributed by atoms with van der Waals surface area (Å²) in [4.78, 5) is 12.0. The minimum Gasteiger partial charge on any atom is -0.306 e. The van der Waals surface area contributed by atoms with Gasteiger partial charge in [0.2, 0.25) is 11.0 Å². The first-order valence-electron chi connectivity index (χ1n) is 8.37. The summed E-state index contributed by atoms with van der Waals surface area (Å²) in [5, 5.41) is 20.2. The van der Waals surface area contributed by atoms with Gasteiger partial charge in [-0.3, -0.25) is 10.1 Å². The number of hydrogen-bond donors (Lipinski definition) is 1. The van der Waals surface area contributed by atoms with Crippen LogP contribution in [0.3, 0.4) is 0 Å². The number of carbonyl (C=O) groups is 1. The van der Waals surface area contributed by atoms with Gasteiger partial charge in [-0.1, -0.05) is 55.2 Å². The molecule has 1 N–H and O–H groups in total. The molecule has 1 aliphatic rings. The average molecular weight is 367 g/mol. The lowest BCUT2D eigenvalue weighted by atomic mass is 9.87. The monoisotopic (exact) mass is 366 g/mol. The van der Waals surface area contributed by atoms with Gasteiger partial charge in [0.1, 0.15) is 11.3 Å². The van der Waals surface area contributed by atoms with Gasteiger partial charge in [0.25, 0.3) is 0 Å². The van der Waals surface area contributed by atoms with Crippen LogP contribution in [0.25, 0.3) is 0 Å². The number of aromatic nitrogens is 5. The average Bonchev–Trinajstić information content (AvgIpc) is 3.23. The molecular formula is C15H22N6OS2. The van der Waals surface area contributed by atoms with Gasteiger partial charge < -0.3 is 4.57 Å². The first kappa shape index (κ1) is 17.3. The maximum Gasteiger partial charge on any atom is 0.236 e. The number of thioether (sulfide) groups is 1. The molecule has 130 valence electrons. The molecular weight excluding hydrogens is 344 g/mol. The van der Waals surface area contributed by atoms with Crippen LogP contribution in [0.2, 0.25) is 0 Å². The van der Waals surface area contributed by atoms with Gasteiger partial charge in [0.15, 0.2) is 5.16 Å². The molecule has 1 fully saturated rings. The number of amides is 1. The van der Waals surface area contributed by atoms with Crippen molar-refractivity contribution in [1.29, 1.82) is 0 Å². The fraction of sp³-hybridized carbons (Fsp3) is 0.667. The van der Waals surface area contributed by atoms with Crippen molar-refractivity contribution in [1.82, 2.24) is 25.0 Å². The highest BCUT2D eigenvalue weighted by Crippen LogP contribution is 2.27. The minimum atomic E-state index is -0.101. The summed E-state index contributed by atoms with van der Waals surface area (Å²) in [5.41, 5.74) is 1.59. The molecule has 0 radical (unpaired) electrons. The van der Waals surface area contributed by atoms with Crippen LogP contribution in [0.4, 0.5) is 5.13 Å². The van der Waals surface area contributed by atoms with Gasteiger partial charge >= 0.3 is 0 Å². The van der Waals surface area contributed by atoms with E-state index in [9.17, 15) is 4.79 Å². The van der Waals surface area contributed by atoms with Gasteiger partial charge in [-0.2, -0.15) is 0 Å². The second-order valence-corrected chi connectivity index (χ2v) is 7.71. The molecule has 24 heavy (non-hydrogen) atoms. The highest BCUT2D eigenvalue weighted by molar-refractivity contribution is 7.99. The Morgan fingerprint density at radius 2 is 2.17 bits per heavy atom. The van der Waals surface area contributed by atoms with E-state index in [4.69, 9.17) is 0 Å². The van der Waals surface area contributed by atoms with Crippen molar-refractivity contribution >= 4 is 34.1 Å². The molecule has 0 spiro atoms. The molecule has 2 heterocycles. The lowest BCUT2D eigenvalue weighted by molar-refractivity contribution is -0.113. The second-order valence-electron chi connectivity index (χ2n) is 5.93. The van der Waals surface area contributed by atoms with Crippen molar-refractivity contribution in [3.05, 3.63) is 11.3 Å². The molecule has 7 nitrogen and oxygen atoms in total. The van der Waals surface area contributed by atoms with Crippen molar-refractivity contribution in [3.8, 4) is 0 Å². The smallest absolute Gasteiger partial charge is 0.236 e. The Morgan fingerprint density at radius 1 is 1.33 bits per heavy atom. The molecule has 2 aromatic heterocycles. The minimum absolute atomic E-state index is 0.101. The molecule has 1 aliphatic carbocycles. The fourth-order valence-corrected chi connectivity index (χ4v) is 4.34. The third-order valence-electron chi connectivity index (χ3n) is 4.24. The SMILES string of the molecule is CCn1c(CC2CCCCC2)nnc1SCC(=O)Nc1nncs1. The van der Waals surface area contributed by atoms with Crippen molar-refractivity contribution in [2.24, 2.45) is 5.92 Å². The summed E-state index contributed by atoms with van der Waals surface area (Å²) in [7, 11) is 0. The Balaban J connectivity index is 1.56. The Morgan fingerprint density at radius 3 is 2.88 bits per heavy atom. The van der Waals surface area contributed by atoms with E-state index in [0.717, 1.165) is 29.9 Å². The summed E-state index contributed by atoms with van der Waals surface area (Å²) in [6.07, 6.45) is 7.61.